The van der Waals surface area contributed by atoms with Crippen LogP contribution in [0.15, 0.2) is 77.8 Å². The van der Waals surface area contributed by atoms with E-state index in [1.165, 1.54) is 31.4 Å². The summed E-state index contributed by atoms with van der Waals surface area (Å²) in [6, 6.07) is 18.4. The van der Waals surface area contributed by atoms with Crippen LogP contribution in [-0.4, -0.2) is 29.0 Å². The molecule has 0 saturated heterocycles. The van der Waals surface area contributed by atoms with E-state index in [0.717, 1.165) is 29.2 Å². The van der Waals surface area contributed by atoms with Crippen molar-refractivity contribution in [1.82, 2.24) is 4.98 Å². The fourth-order valence-electron chi connectivity index (χ4n) is 4.87. The van der Waals surface area contributed by atoms with Gasteiger partial charge in [-0.05, 0) is 65.5 Å². The summed E-state index contributed by atoms with van der Waals surface area (Å²) in [5.74, 6) is -0.0361. The molecule has 5 rings (SSSR count). The zero-order chi connectivity index (χ0) is 29.3. The Balaban J connectivity index is 1.60. The highest BCUT2D eigenvalue weighted by Crippen LogP contribution is 2.48. The van der Waals surface area contributed by atoms with E-state index in [2.05, 4.69) is 4.74 Å². The fraction of sp³-hybridized carbons (Fsp3) is 0.290. The number of rotatable bonds is 9. The number of carbonyl (C=O) groups is 1. The number of esters is 1. The second-order valence-corrected chi connectivity index (χ2v) is 11.6. The number of fused-ring (bicyclic) bond motifs is 1. The summed E-state index contributed by atoms with van der Waals surface area (Å²) >= 11 is -1.78. The number of ether oxygens (including phenoxy) is 2. The van der Waals surface area contributed by atoms with Crippen molar-refractivity contribution in [3.05, 3.63) is 95.2 Å². The maximum absolute atomic E-state index is 14.4. The van der Waals surface area contributed by atoms with E-state index < -0.39 is 23.7 Å². The van der Waals surface area contributed by atoms with Crippen LogP contribution in [0.5, 0.6) is 5.75 Å². The van der Waals surface area contributed by atoms with Crippen molar-refractivity contribution in [3.8, 4) is 5.75 Å². The first kappa shape index (κ1) is 28.8. The molecule has 1 unspecified atom stereocenters. The molecule has 1 aromatic heterocycles. The number of alkyl halides is 3. The zero-order valence-electron chi connectivity index (χ0n) is 22.8. The molecule has 0 radical (unpaired) electrons. The van der Waals surface area contributed by atoms with E-state index in [-0.39, 0.29) is 24.1 Å². The molecule has 214 valence electrons. The number of benzene rings is 3. The van der Waals surface area contributed by atoms with Crippen LogP contribution >= 0.6 is 0 Å². The number of halogens is 3. The van der Waals surface area contributed by atoms with Crippen molar-refractivity contribution >= 4 is 33.9 Å². The van der Waals surface area contributed by atoms with Crippen LogP contribution in [0.3, 0.4) is 0 Å². The minimum atomic E-state index is -4.80. The Bertz CT molecular complexity index is 1560. The van der Waals surface area contributed by atoms with Gasteiger partial charge in [-0.1, -0.05) is 50.2 Å². The first-order valence-electron chi connectivity index (χ1n) is 13.2. The Kier molecular flexibility index (Phi) is 8.15. The maximum Gasteiger partial charge on any atom is 0.573 e. The molecule has 4 aromatic rings. The molecule has 1 saturated carbocycles. The number of nitrogens with zero attached hydrogens (tertiary/aromatic N) is 2. The van der Waals surface area contributed by atoms with E-state index >= 15 is 0 Å². The van der Waals surface area contributed by atoms with Crippen molar-refractivity contribution in [2.24, 2.45) is 0 Å². The summed E-state index contributed by atoms with van der Waals surface area (Å²) in [7, 11) is 1.32. The van der Waals surface area contributed by atoms with Gasteiger partial charge in [0.2, 0.25) is 0 Å². The summed E-state index contributed by atoms with van der Waals surface area (Å²) < 4.78 is 63.1. The second-order valence-electron chi connectivity index (χ2n) is 10.2. The molecule has 0 spiro atoms. The van der Waals surface area contributed by atoms with Crippen LogP contribution in [0, 0.1) is 0 Å². The highest BCUT2D eigenvalue weighted by molar-refractivity contribution is 7.92. The Hall–Kier alpha value is -3.76. The van der Waals surface area contributed by atoms with Gasteiger partial charge in [0.05, 0.1) is 19.2 Å². The normalized spacial score (nSPS) is 14.2. The van der Waals surface area contributed by atoms with E-state index in [1.807, 2.05) is 38.1 Å². The van der Waals surface area contributed by atoms with E-state index in [4.69, 9.17) is 9.72 Å². The van der Waals surface area contributed by atoms with E-state index in [1.54, 1.807) is 28.7 Å². The average molecular weight is 583 g/mol. The van der Waals surface area contributed by atoms with Crippen LogP contribution < -0.4 is 9.04 Å². The Morgan fingerprint density at radius 1 is 1.10 bits per heavy atom. The maximum atomic E-state index is 14.4. The van der Waals surface area contributed by atoms with Gasteiger partial charge in [0.1, 0.15) is 17.1 Å². The van der Waals surface area contributed by atoms with Crippen LogP contribution in [0.1, 0.15) is 65.6 Å². The summed E-state index contributed by atoms with van der Waals surface area (Å²) in [6.07, 6.45) is -1.08. The lowest BCUT2D eigenvalue weighted by Crippen LogP contribution is -2.32. The van der Waals surface area contributed by atoms with Crippen molar-refractivity contribution in [1.29, 1.82) is 0 Å². The minimum Gasteiger partial charge on any atom is -0.588 e. The predicted octanol–water partition coefficient (Wildman–Crippen LogP) is 7.65. The molecule has 0 N–H and O–H groups in total. The number of anilines is 1. The third-order valence-electron chi connectivity index (χ3n) is 6.97. The zero-order valence-corrected chi connectivity index (χ0v) is 23.6. The Morgan fingerprint density at radius 2 is 1.80 bits per heavy atom. The molecule has 1 atom stereocenters. The average Bonchev–Trinajstić information content (AvgIpc) is 3.79. The monoisotopic (exact) mass is 582 g/mol. The Labute approximate surface area is 239 Å². The standard InChI is InChI=1S/C31H29F3N2O4S/c1-19(2)27-16-24(14-15-26(27)30(37)39-3)41(38)36(18-20-8-12-23(13-9-20)40-31(32,33)34)29-28(21-10-11-21)25-7-5-4-6-22(25)17-35-29/h4-9,12-17,19,21H,10-11,18H2,1-3H3. The number of aromatic nitrogens is 1. The van der Waals surface area contributed by atoms with Gasteiger partial charge >= 0.3 is 12.3 Å². The summed E-state index contributed by atoms with van der Waals surface area (Å²) in [6.45, 7) is 3.99. The molecule has 1 aliphatic rings. The lowest BCUT2D eigenvalue weighted by molar-refractivity contribution is -0.274. The summed E-state index contributed by atoms with van der Waals surface area (Å²) in [5.41, 5.74) is 2.73. The molecule has 1 heterocycles. The van der Waals surface area contributed by atoms with Crippen molar-refractivity contribution in [2.45, 2.75) is 56.3 Å². The van der Waals surface area contributed by atoms with Gasteiger partial charge in [-0.2, -0.15) is 4.31 Å². The fourth-order valence-corrected chi connectivity index (χ4v) is 6.11. The smallest absolute Gasteiger partial charge is 0.573 e. The van der Waals surface area contributed by atoms with Crippen LogP contribution in [-0.2, 0) is 22.6 Å². The van der Waals surface area contributed by atoms with Gasteiger partial charge < -0.3 is 14.0 Å². The number of hydrogen-bond donors (Lipinski definition) is 0. The van der Waals surface area contributed by atoms with E-state index in [9.17, 15) is 22.5 Å². The van der Waals surface area contributed by atoms with E-state index in [0.29, 0.717) is 27.4 Å². The molecular formula is C31H29F3N2O4S. The van der Waals surface area contributed by atoms with Gasteiger partial charge in [0.25, 0.3) is 0 Å². The molecule has 1 aliphatic carbocycles. The van der Waals surface area contributed by atoms with Crippen LogP contribution in [0.4, 0.5) is 19.0 Å². The quantitative estimate of drug-likeness (QED) is 0.149. The molecule has 0 amide bonds. The van der Waals surface area contributed by atoms with Gasteiger partial charge in [-0.3, -0.25) is 0 Å². The van der Waals surface area contributed by atoms with Crippen molar-refractivity contribution in [2.75, 3.05) is 11.4 Å². The predicted molar refractivity (Wildman–Crippen MR) is 151 cm³/mol. The topological polar surface area (TPSA) is 74.7 Å². The Morgan fingerprint density at radius 3 is 2.44 bits per heavy atom. The summed E-state index contributed by atoms with van der Waals surface area (Å²) in [4.78, 5) is 17.6. The lowest BCUT2D eigenvalue weighted by atomic mass is 9.97. The SMILES string of the molecule is COC(=O)c1ccc([S+]([O-])N(Cc2ccc(OC(F)(F)F)cc2)c2ncc3ccccc3c2C2CC2)cc1C(C)C. The molecular weight excluding hydrogens is 553 g/mol. The number of carbonyl (C=O) groups excluding carboxylic acids is 1. The van der Waals surface area contributed by atoms with Crippen LogP contribution in [0.2, 0.25) is 0 Å². The summed E-state index contributed by atoms with van der Waals surface area (Å²) in [5, 5.41) is 2.00. The van der Waals surface area contributed by atoms with Gasteiger partial charge in [-0.15, -0.1) is 13.2 Å². The van der Waals surface area contributed by atoms with Gasteiger partial charge in [-0.25, -0.2) is 9.78 Å². The number of hydrogen-bond acceptors (Lipinski definition) is 6. The lowest BCUT2D eigenvalue weighted by Gasteiger charge is -2.28. The largest absolute Gasteiger partial charge is 0.588 e. The van der Waals surface area contributed by atoms with Crippen molar-refractivity contribution < 1.29 is 32.0 Å². The first-order chi connectivity index (χ1) is 19.6. The molecule has 3 aromatic carbocycles. The molecule has 0 aliphatic heterocycles. The third-order valence-corrected chi connectivity index (χ3v) is 8.33. The minimum absolute atomic E-state index is 0.0449. The second kappa shape index (κ2) is 11.6. The molecule has 6 nitrogen and oxygen atoms in total. The van der Waals surface area contributed by atoms with Crippen molar-refractivity contribution in [3.63, 3.8) is 0 Å². The third kappa shape index (κ3) is 6.44. The highest BCUT2D eigenvalue weighted by atomic mass is 32.2. The highest BCUT2D eigenvalue weighted by Gasteiger charge is 2.36. The first-order valence-corrected chi connectivity index (χ1v) is 14.3. The number of methoxy groups -OCH3 is 1. The molecule has 41 heavy (non-hydrogen) atoms. The molecule has 10 heteroatoms. The number of pyridine rings is 1. The molecule has 0 bridgehead atoms. The van der Waals surface area contributed by atoms with Crippen LogP contribution in [0.25, 0.3) is 10.8 Å². The van der Waals surface area contributed by atoms with Gasteiger partial charge in [0, 0.05) is 23.2 Å². The molecule has 1 fully saturated rings. The van der Waals surface area contributed by atoms with Gasteiger partial charge in [0.15, 0.2) is 10.7 Å².